The smallest absolute Gasteiger partial charge is 0.256 e. The third kappa shape index (κ3) is 3.94. The highest BCUT2D eigenvalue weighted by atomic mass is 32.2. The predicted molar refractivity (Wildman–Crippen MR) is 135 cm³/mol. The van der Waals surface area contributed by atoms with Crippen molar-refractivity contribution in [1.82, 2.24) is 19.4 Å². The van der Waals surface area contributed by atoms with Crippen molar-refractivity contribution in [2.75, 3.05) is 6.26 Å². The van der Waals surface area contributed by atoms with Crippen LogP contribution < -0.4 is 0 Å². The lowest BCUT2D eigenvalue weighted by Gasteiger charge is -2.33. The van der Waals surface area contributed by atoms with Crippen LogP contribution in [0.1, 0.15) is 60.3 Å². The van der Waals surface area contributed by atoms with E-state index in [0.717, 1.165) is 47.3 Å². The molecule has 3 aliphatic rings. The molecule has 2 fully saturated rings. The summed E-state index contributed by atoms with van der Waals surface area (Å²) in [4.78, 5) is 24.5. The van der Waals surface area contributed by atoms with Crippen molar-refractivity contribution < 1.29 is 18.3 Å². The first kappa shape index (κ1) is 23.4. The minimum atomic E-state index is -3.63. The standard InChI is InChI=1S/C27H30N4O4S/c1-15-13-31(21-11-22(32)12-21)26(29-15)23-9-18(6-7-28-23)19-8-20-14-30(16(2)17-4-5-17)27(33)25(20)24(10-19)36(3,34)35/h6-10,13,16-17,21-22,32H,4-5,11-12,14H2,1-3H3/t16-,21?,22?/m0/s1. The van der Waals surface area contributed by atoms with Gasteiger partial charge in [0.1, 0.15) is 5.69 Å². The molecular formula is C27H30N4O4S. The van der Waals surface area contributed by atoms with Gasteiger partial charge < -0.3 is 14.6 Å². The predicted octanol–water partition coefficient (Wildman–Crippen LogP) is 3.77. The molecule has 1 amide bonds. The Hall–Kier alpha value is -3.04. The number of pyridine rings is 1. The van der Waals surface area contributed by atoms with Crippen molar-refractivity contribution >= 4 is 15.7 Å². The molecule has 188 valence electrons. The summed E-state index contributed by atoms with van der Waals surface area (Å²) in [5, 5.41) is 9.79. The molecule has 9 heteroatoms. The number of nitrogens with zero attached hydrogens (tertiary/aromatic N) is 4. The van der Waals surface area contributed by atoms with Crippen molar-refractivity contribution in [2.24, 2.45) is 5.92 Å². The van der Waals surface area contributed by atoms with E-state index in [4.69, 9.17) is 4.98 Å². The second-order valence-electron chi connectivity index (χ2n) is 10.6. The topological polar surface area (TPSA) is 105 Å². The molecule has 0 radical (unpaired) electrons. The first-order chi connectivity index (χ1) is 17.1. The molecule has 2 aliphatic carbocycles. The lowest BCUT2D eigenvalue weighted by Crippen LogP contribution is -2.35. The van der Waals surface area contributed by atoms with E-state index in [2.05, 4.69) is 16.5 Å². The van der Waals surface area contributed by atoms with Gasteiger partial charge in [-0.15, -0.1) is 0 Å². The minimum Gasteiger partial charge on any atom is -0.393 e. The molecule has 0 spiro atoms. The highest BCUT2D eigenvalue weighted by Crippen LogP contribution is 2.41. The molecular weight excluding hydrogens is 476 g/mol. The Labute approximate surface area is 210 Å². The summed E-state index contributed by atoms with van der Waals surface area (Å²) in [7, 11) is -3.63. The minimum absolute atomic E-state index is 0.0876. The maximum atomic E-state index is 13.3. The first-order valence-electron chi connectivity index (χ1n) is 12.5. The Bertz CT molecular complexity index is 1490. The number of aromatic nitrogens is 3. The van der Waals surface area contributed by atoms with E-state index in [1.54, 1.807) is 12.3 Å². The second kappa shape index (κ2) is 8.24. The number of amides is 1. The number of carbonyl (C=O) groups excluding carboxylic acids is 1. The third-order valence-corrected chi connectivity index (χ3v) is 8.97. The van der Waals surface area contributed by atoms with Crippen LogP contribution in [0.4, 0.5) is 0 Å². The molecule has 3 aromatic rings. The fourth-order valence-electron chi connectivity index (χ4n) is 5.56. The van der Waals surface area contributed by atoms with Crippen molar-refractivity contribution in [3.63, 3.8) is 0 Å². The van der Waals surface area contributed by atoms with E-state index < -0.39 is 9.84 Å². The van der Waals surface area contributed by atoms with Gasteiger partial charge in [-0.2, -0.15) is 0 Å². The normalized spacial score (nSPS) is 22.4. The van der Waals surface area contributed by atoms with E-state index in [-0.39, 0.29) is 29.0 Å². The Balaban J connectivity index is 1.42. The van der Waals surface area contributed by atoms with Gasteiger partial charge in [0.25, 0.3) is 5.91 Å². The average Bonchev–Trinajstić information content (AvgIpc) is 3.52. The van der Waals surface area contributed by atoms with Crippen LogP contribution in [0.2, 0.25) is 0 Å². The van der Waals surface area contributed by atoms with Gasteiger partial charge in [0, 0.05) is 37.3 Å². The lowest BCUT2D eigenvalue weighted by molar-refractivity contribution is 0.0491. The number of aliphatic hydroxyl groups is 1. The molecule has 1 aliphatic heterocycles. The summed E-state index contributed by atoms with van der Waals surface area (Å²) in [5.74, 6) is 1.04. The molecule has 2 aromatic heterocycles. The molecule has 2 saturated carbocycles. The maximum absolute atomic E-state index is 13.3. The van der Waals surface area contributed by atoms with Gasteiger partial charge in [0.15, 0.2) is 15.7 Å². The van der Waals surface area contributed by atoms with Gasteiger partial charge in [0.05, 0.1) is 22.3 Å². The van der Waals surface area contributed by atoms with Crippen LogP contribution in [0.15, 0.2) is 41.6 Å². The molecule has 8 nitrogen and oxygen atoms in total. The highest BCUT2D eigenvalue weighted by Gasteiger charge is 2.41. The number of rotatable bonds is 6. The highest BCUT2D eigenvalue weighted by molar-refractivity contribution is 7.90. The van der Waals surface area contributed by atoms with Crippen LogP contribution in [0.5, 0.6) is 0 Å². The van der Waals surface area contributed by atoms with E-state index in [0.29, 0.717) is 36.6 Å². The van der Waals surface area contributed by atoms with E-state index in [9.17, 15) is 18.3 Å². The van der Waals surface area contributed by atoms with Crippen molar-refractivity contribution in [1.29, 1.82) is 0 Å². The molecule has 0 unspecified atom stereocenters. The third-order valence-electron chi connectivity index (χ3n) is 7.85. The lowest BCUT2D eigenvalue weighted by atomic mass is 9.89. The molecule has 36 heavy (non-hydrogen) atoms. The number of hydrogen-bond donors (Lipinski definition) is 1. The van der Waals surface area contributed by atoms with E-state index >= 15 is 0 Å². The summed E-state index contributed by atoms with van der Waals surface area (Å²) in [5.41, 5.74) is 4.18. The Morgan fingerprint density at radius 3 is 2.56 bits per heavy atom. The zero-order chi connectivity index (χ0) is 25.4. The number of carbonyl (C=O) groups is 1. The first-order valence-corrected chi connectivity index (χ1v) is 14.4. The van der Waals surface area contributed by atoms with Gasteiger partial charge in [-0.3, -0.25) is 9.78 Å². The van der Waals surface area contributed by atoms with Crippen LogP contribution in [-0.4, -0.2) is 57.3 Å². The fraction of sp³-hybridized carbons (Fsp3) is 0.444. The molecule has 3 heterocycles. The number of aliphatic hydroxyl groups excluding tert-OH is 1. The van der Waals surface area contributed by atoms with Crippen LogP contribution in [0.25, 0.3) is 22.6 Å². The zero-order valence-corrected chi connectivity index (χ0v) is 21.5. The van der Waals surface area contributed by atoms with E-state index in [1.165, 1.54) is 0 Å². The largest absolute Gasteiger partial charge is 0.393 e. The molecule has 1 atom stereocenters. The van der Waals surface area contributed by atoms with E-state index in [1.807, 2.05) is 36.2 Å². The summed E-state index contributed by atoms with van der Waals surface area (Å²) < 4.78 is 27.7. The monoisotopic (exact) mass is 506 g/mol. The van der Waals surface area contributed by atoms with Crippen LogP contribution >= 0.6 is 0 Å². The number of imidazole rings is 1. The fourth-order valence-corrected chi connectivity index (χ4v) is 6.49. The Morgan fingerprint density at radius 1 is 1.14 bits per heavy atom. The van der Waals surface area contributed by atoms with Crippen LogP contribution in [0, 0.1) is 12.8 Å². The summed E-state index contributed by atoms with van der Waals surface area (Å²) in [6.45, 7) is 4.42. The summed E-state index contributed by atoms with van der Waals surface area (Å²) in [6.07, 6.45) is 8.17. The summed E-state index contributed by atoms with van der Waals surface area (Å²) in [6, 6.07) is 7.62. The van der Waals surface area contributed by atoms with Crippen LogP contribution in [0.3, 0.4) is 0 Å². The Morgan fingerprint density at radius 2 is 1.89 bits per heavy atom. The number of sulfone groups is 1. The second-order valence-corrected chi connectivity index (χ2v) is 12.6. The molecule has 0 bridgehead atoms. The van der Waals surface area contributed by atoms with Gasteiger partial charge in [-0.05, 0) is 86.4 Å². The van der Waals surface area contributed by atoms with Crippen molar-refractivity contribution in [3.8, 4) is 22.6 Å². The molecule has 6 rings (SSSR count). The number of aryl methyl sites for hydroxylation is 1. The van der Waals surface area contributed by atoms with Crippen molar-refractivity contribution in [2.45, 2.75) is 69.2 Å². The number of benzene rings is 1. The molecule has 1 aromatic carbocycles. The molecule has 1 N–H and O–H groups in total. The summed E-state index contributed by atoms with van der Waals surface area (Å²) >= 11 is 0. The number of fused-ring (bicyclic) bond motifs is 1. The Kier molecular flexibility index (Phi) is 5.35. The van der Waals surface area contributed by atoms with Gasteiger partial charge in [-0.1, -0.05) is 0 Å². The maximum Gasteiger partial charge on any atom is 0.256 e. The van der Waals surface area contributed by atoms with Gasteiger partial charge in [-0.25, -0.2) is 13.4 Å². The van der Waals surface area contributed by atoms with Crippen molar-refractivity contribution in [3.05, 3.63) is 53.5 Å². The zero-order valence-electron chi connectivity index (χ0n) is 20.7. The SMILES string of the molecule is Cc1cn(C2CC(O)C2)c(-c2cc(-c3cc4c(c(S(C)(=O)=O)c3)C(=O)N([C@@H](C)C3CC3)C4)ccn2)n1. The van der Waals surface area contributed by atoms with Gasteiger partial charge >= 0.3 is 0 Å². The number of hydrogen-bond acceptors (Lipinski definition) is 6. The van der Waals surface area contributed by atoms with Crippen LogP contribution in [-0.2, 0) is 16.4 Å². The average molecular weight is 507 g/mol. The molecule has 0 saturated heterocycles. The van der Waals surface area contributed by atoms with Gasteiger partial charge in [0.2, 0.25) is 0 Å². The quantitative estimate of drug-likeness (QED) is 0.546.